The summed E-state index contributed by atoms with van der Waals surface area (Å²) in [5.74, 6) is -0.455. The molecule has 0 aromatic rings. The number of hydrogen-bond acceptors (Lipinski definition) is 3. The highest BCUT2D eigenvalue weighted by atomic mass is 16.2. The maximum atomic E-state index is 11.4. The molecule has 1 atom stereocenters. The summed E-state index contributed by atoms with van der Waals surface area (Å²) in [4.78, 5) is 24.3. The van der Waals surface area contributed by atoms with E-state index in [1.807, 2.05) is 0 Å². The quantitative estimate of drug-likeness (QED) is 0.607. The first-order valence-electron chi connectivity index (χ1n) is 5.34. The van der Waals surface area contributed by atoms with E-state index in [1.54, 1.807) is 0 Å². The number of amides is 2. The number of carbonyl (C=O) groups is 2. The molecule has 1 fully saturated rings. The van der Waals surface area contributed by atoms with Crippen LogP contribution in [0.4, 0.5) is 0 Å². The van der Waals surface area contributed by atoms with Crippen LogP contribution in [0, 0.1) is 5.92 Å². The average molecular weight is 213 g/mol. The molecule has 0 spiro atoms. The van der Waals surface area contributed by atoms with E-state index in [9.17, 15) is 9.59 Å². The van der Waals surface area contributed by atoms with Crippen molar-refractivity contribution in [3.63, 3.8) is 0 Å². The largest absolute Gasteiger partial charge is 0.343 e. The first-order valence-corrected chi connectivity index (χ1v) is 5.34. The maximum Gasteiger partial charge on any atom is 0.312 e. The molecule has 2 amide bonds. The molecule has 1 saturated heterocycles. The Kier molecular flexibility index (Phi) is 4.08. The molecular formula is C10H19N3O2. The summed E-state index contributed by atoms with van der Waals surface area (Å²) < 4.78 is 0. The molecule has 3 N–H and O–H groups in total. The Labute approximate surface area is 90.0 Å². The summed E-state index contributed by atoms with van der Waals surface area (Å²) in [6, 6.07) is 0.0711. The lowest BCUT2D eigenvalue weighted by molar-refractivity contribution is -0.149. The van der Waals surface area contributed by atoms with Gasteiger partial charge in [0.15, 0.2) is 0 Å². The van der Waals surface area contributed by atoms with Gasteiger partial charge in [-0.05, 0) is 12.3 Å². The minimum Gasteiger partial charge on any atom is -0.343 e. The standard InChI is InChI=1S/C10H19N3O2/c1-7(2)5-8-6-13(4-3-11)10(15)9(14)12-8/h7-8H,3-6,11H2,1-2H3,(H,12,14). The molecule has 0 saturated carbocycles. The summed E-state index contributed by atoms with van der Waals surface area (Å²) >= 11 is 0. The van der Waals surface area contributed by atoms with Crippen LogP contribution in [0.2, 0.25) is 0 Å². The van der Waals surface area contributed by atoms with Gasteiger partial charge < -0.3 is 16.0 Å². The van der Waals surface area contributed by atoms with Crippen LogP contribution in [0.15, 0.2) is 0 Å². The Morgan fingerprint density at radius 3 is 2.73 bits per heavy atom. The number of nitrogens with one attached hydrogen (secondary N) is 1. The number of hydrogen-bond donors (Lipinski definition) is 2. The predicted octanol–water partition coefficient (Wildman–Crippen LogP) is -0.682. The molecule has 0 radical (unpaired) electrons. The number of nitrogens with two attached hydrogens (primary N) is 1. The van der Waals surface area contributed by atoms with Crippen LogP contribution in [0.1, 0.15) is 20.3 Å². The Morgan fingerprint density at radius 2 is 2.20 bits per heavy atom. The zero-order valence-corrected chi connectivity index (χ0v) is 9.32. The van der Waals surface area contributed by atoms with Gasteiger partial charge in [0.05, 0.1) is 0 Å². The molecule has 0 bridgehead atoms. The zero-order chi connectivity index (χ0) is 11.4. The lowest BCUT2D eigenvalue weighted by Crippen LogP contribution is -2.58. The summed E-state index contributed by atoms with van der Waals surface area (Å²) in [6.45, 7) is 5.62. The van der Waals surface area contributed by atoms with Crippen LogP contribution in [-0.4, -0.2) is 42.4 Å². The normalized spacial score (nSPS) is 22.1. The Morgan fingerprint density at radius 1 is 1.53 bits per heavy atom. The lowest BCUT2D eigenvalue weighted by Gasteiger charge is -2.33. The van der Waals surface area contributed by atoms with Gasteiger partial charge in [-0.1, -0.05) is 13.8 Å². The van der Waals surface area contributed by atoms with Gasteiger partial charge in [-0.25, -0.2) is 0 Å². The first kappa shape index (κ1) is 12.0. The second-order valence-corrected chi connectivity index (χ2v) is 4.34. The Balaban J connectivity index is 2.58. The summed E-state index contributed by atoms with van der Waals surface area (Å²) in [6.07, 6.45) is 0.889. The van der Waals surface area contributed by atoms with Gasteiger partial charge in [0.25, 0.3) is 0 Å². The van der Waals surface area contributed by atoms with Crippen molar-refractivity contribution in [1.82, 2.24) is 10.2 Å². The molecule has 0 aliphatic carbocycles. The van der Waals surface area contributed by atoms with Gasteiger partial charge in [-0.3, -0.25) is 9.59 Å². The fourth-order valence-corrected chi connectivity index (χ4v) is 1.84. The second-order valence-electron chi connectivity index (χ2n) is 4.34. The van der Waals surface area contributed by atoms with Crippen molar-refractivity contribution in [2.75, 3.05) is 19.6 Å². The van der Waals surface area contributed by atoms with E-state index >= 15 is 0 Å². The molecule has 0 aromatic carbocycles. The fourth-order valence-electron chi connectivity index (χ4n) is 1.84. The van der Waals surface area contributed by atoms with Crippen molar-refractivity contribution >= 4 is 11.8 Å². The molecule has 15 heavy (non-hydrogen) atoms. The van der Waals surface area contributed by atoms with Crippen molar-refractivity contribution in [3.8, 4) is 0 Å². The number of nitrogens with zero attached hydrogens (tertiary/aromatic N) is 1. The van der Waals surface area contributed by atoms with Gasteiger partial charge in [-0.15, -0.1) is 0 Å². The second kappa shape index (κ2) is 5.11. The monoisotopic (exact) mass is 213 g/mol. The molecule has 86 valence electrons. The Hall–Kier alpha value is -1.10. The molecule has 1 rings (SSSR count). The van der Waals surface area contributed by atoms with E-state index in [4.69, 9.17) is 5.73 Å². The zero-order valence-electron chi connectivity index (χ0n) is 9.32. The third kappa shape index (κ3) is 3.20. The third-order valence-corrected chi connectivity index (χ3v) is 2.41. The molecule has 1 unspecified atom stereocenters. The van der Waals surface area contributed by atoms with Crippen molar-refractivity contribution in [3.05, 3.63) is 0 Å². The van der Waals surface area contributed by atoms with Gasteiger partial charge >= 0.3 is 11.8 Å². The molecule has 1 aliphatic rings. The Bertz CT molecular complexity index is 253. The van der Waals surface area contributed by atoms with E-state index in [1.165, 1.54) is 4.90 Å². The van der Waals surface area contributed by atoms with Crippen molar-refractivity contribution < 1.29 is 9.59 Å². The number of piperazine rings is 1. The highest BCUT2D eigenvalue weighted by molar-refractivity contribution is 6.35. The topological polar surface area (TPSA) is 75.4 Å². The van der Waals surface area contributed by atoms with Gasteiger partial charge in [0.2, 0.25) is 0 Å². The third-order valence-electron chi connectivity index (χ3n) is 2.41. The number of carbonyl (C=O) groups excluding carboxylic acids is 2. The summed E-state index contributed by atoms with van der Waals surface area (Å²) in [5, 5.41) is 2.71. The van der Waals surface area contributed by atoms with E-state index < -0.39 is 11.8 Å². The average Bonchev–Trinajstić information content (AvgIpc) is 2.12. The van der Waals surface area contributed by atoms with Crippen LogP contribution in [-0.2, 0) is 9.59 Å². The van der Waals surface area contributed by atoms with Gasteiger partial charge in [-0.2, -0.15) is 0 Å². The summed E-state index contributed by atoms with van der Waals surface area (Å²) in [5.41, 5.74) is 5.39. The highest BCUT2D eigenvalue weighted by Crippen LogP contribution is 2.10. The molecule has 5 heteroatoms. The van der Waals surface area contributed by atoms with Crippen LogP contribution < -0.4 is 11.1 Å². The van der Waals surface area contributed by atoms with E-state index in [0.717, 1.165) is 6.42 Å². The SMILES string of the molecule is CC(C)CC1CN(CCN)C(=O)C(=O)N1. The summed E-state index contributed by atoms with van der Waals surface area (Å²) in [7, 11) is 0. The van der Waals surface area contributed by atoms with E-state index in [-0.39, 0.29) is 6.04 Å². The smallest absolute Gasteiger partial charge is 0.312 e. The van der Waals surface area contributed by atoms with Gasteiger partial charge in [0, 0.05) is 25.7 Å². The van der Waals surface area contributed by atoms with Crippen LogP contribution in [0.5, 0.6) is 0 Å². The van der Waals surface area contributed by atoms with Crippen LogP contribution in [0.3, 0.4) is 0 Å². The van der Waals surface area contributed by atoms with Crippen molar-refractivity contribution in [2.45, 2.75) is 26.3 Å². The fraction of sp³-hybridized carbons (Fsp3) is 0.800. The highest BCUT2D eigenvalue weighted by Gasteiger charge is 2.31. The molecular weight excluding hydrogens is 194 g/mol. The maximum absolute atomic E-state index is 11.4. The first-order chi connectivity index (χ1) is 7.04. The molecule has 1 aliphatic heterocycles. The van der Waals surface area contributed by atoms with Crippen LogP contribution in [0.25, 0.3) is 0 Å². The number of rotatable bonds is 4. The van der Waals surface area contributed by atoms with E-state index in [2.05, 4.69) is 19.2 Å². The molecule has 0 aromatic heterocycles. The van der Waals surface area contributed by atoms with Crippen LogP contribution >= 0.6 is 0 Å². The minimum atomic E-state index is -0.500. The molecule has 5 nitrogen and oxygen atoms in total. The predicted molar refractivity (Wildman–Crippen MR) is 57.0 cm³/mol. The van der Waals surface area contributed by atoms with E-state index in [0.29, 0.717) is 25.6 Å². The lowest BCUT2D eigenvalue weighted by atomic mass is 10.0. The van der Waals surface area contributed by atoms with Crippen molar-refractivity contribution in [2.24, 2.45) is 11.7 Å². The molecule has 1 heterocycles. The van der Waals surface area contributed by atoms with Gasteiger partial charge in [0.1, 0.15) is 0 Å². The minimum absolute atomic E-state index is 0.0711. The van der Waals surface area contributed by atoms with Crippen molar-refractivity contribution in [1.29, 1.82) is 0 Å².